The predicted octanol–water partition coefficient (Wildman–Crippen LogP) is 3.23. The summed E-state index contributed by atoms with van der Waals surface area (Å²) in [5.41, 5.74) is 2.35. The molecule has 29 heavy (non-hydrogen) atoms. The summed E-state index contributed by atoms with van der Waals surface area (Å²) < 4.78 is 8.20. The molecule has 1 atom stereocenters. The molecule has 3 aromatic rings. The topological polar surface area (TPSA) is 85.2 Å². The first-order valence-corrected chi connectivity index (χ1v) is 10.3. The molecule has 8 heteroatoms. The van der Waals surface area contributed by atoms with E-state index in [2.05, 4.69) is 31.5 Å². The Morgan fingerprint density at radius 3 is 2.72 bits per heavy atom. The molecule has 150 valence electrons. The monoisotopic (exact) mass is 456 g/mol. The third-order valence-corrected chi connectivity index (χ3v) is 5.33. The van der Waals surface area contributed by atoms with Crippen LogP contribution in [0.3, 0.4) is 0 Å². The van der Waals surface area contributed by atoms with E-state index >= 15 is 0 Å². The molecule has 0 saturated carbocycles. The van der Waals surface area contributed by atoms with E-state index in [-0.39, 0.29) is 24.9 Å². The molecule has 0 aliphatic carbocycles. The molecule has 2 aromatic carbocycles. The number of hydrogen-bond donors (Lipinski definition) is 2. The molecule has 4 rings (SSSR count). The van der Waals surface area contributed by atoms with Crippen LogP contribution in [0.2, 0.25) is 0 Å². The Balaban J connectivity index is 1.50. The van der Waals surface area contributed by atoms with Gasteiger partial charge in [-0.2, -0.15) is 0 Å². The second kappa shape index (κ2) is 8.75. The number of rotatable bonds is 6. The molecule has 1 aliphatic heterocycles. The SMILES string of the molecule is O=C(Cn1c(CNC(=O)C2CCCO2)nc2ccccc21)Nc1ccc(Br)cc1. The fourth-order valence-electron chi connectivity index (χ4n) is 3.38. The van der Waals surface area contributed by atoms with E-state index in [0.29, 0.717) is 12.4 Å². The van der Waals surface area contributed by atoms with Crippen LogP contribution >= 0.6 is 15.9 Å². The van der Waals surface area contributed by atoms with E-state index in [0.717, 1.165) is 34.0 Å². The number of carbonyl (C=O) groups excluding carboxylic acids is 2. The fourth-order valence-corrected chi connectivity index (χ4v) is 3.64. The van der Waals surface area contributed by atoms with Gasteiger partial charge in [0.2, 0.25) is 11.8 Å². The largest absolute Gasteiger partial charge is 0.368 e. The minimum absolute atomic E-state index is 0.0989. The molecule has 1 saturated heterocycles. The van der Waals surface area contributed by atoms with Crippen molar-refractivity contribution >= 4 is 44.5 Å². The predicted molar refractivity (Wildman–Crippen MR) is 113 cm³/mol. The van der Waals surface area contributed by atoms with Gasteiger partial charge in [-0.3, -0.25) is 9.59 Å². The van der Waals surface area contributed by atoms with Crippen LogP contribution in [0.5, 0.6) is 0 Å². The zero-order valence-corrected chi connectivity index (χ0v) is 17.3. The highest BCUT2D eigenvalue weighted by Gasteiger charge is 2.24. The lowest BCUT2D eigenvalue weighted by molar-refractivity contribution is -0.130. The van der Waals surface area contributed by atoms with E-state index in [9.17, 15) is 9.59 Å². The first kappa shape index (κ1) is 19.6. The molecular formula is C21H21BrN4O3. The van der Waals surface area contributed by atoms with Gasteiger partial charge in [0.15, 0.2) is 0 Å². The smallest absolute Gasteiger partial charge is 0.249 e. The molecule has 0 spiro atoms. The summed E-state index contributed by atoms with van der Waals surface area (Å²) >= 11 is 3.38. The zero-order valence-electron chi connectivity index (χ0n) is 15.7. The fraction of sp³-hybridized carbons (Fsp3) is 0.286. The van der Waals surface area contributed by atoms with E-state index in [1.807, 2.05) is 53.1 Å². The average molecular weight is 457 g/mol. The summed E-state index contributed by atoms with van der Waals surface area (Å²) in [6, 6.07) is 15.0. The van der Waals surface area contributed by atoms with E-state index in [4.69, 9.17) is 4.74 Å². The van der Waals surface area contributed by atoms with Crippen molar-refractivity contribution in [2.75, 3.05) is 11.9 Å². The maximum Gasteiger partial charge on any atom is 0.249 e. The quantitative estimate of drug-likeness (QED) is 0.596. The van der Waals surface area contributed by atoms with Crippen molar-refractivity contribution in [2.24, 2.45) is 0 Å². The Hall–Kier alpha value is -2.71. The van der Waals surface area contributed by atoms with Gasteiger partial charge in [0.25, 0.3) is 0 Å². The standard InChI is InChI=1S/C21H21BrN4O3/c22-14-7-9-15(10-8-14)24-20(27)13-26-17-5-2-1-4-16(17)25-19(26)12-23-21(28)18-6-3-11-29-18/h1-2,4-5,7-10,18H,3,6,11-13H2,(H,23,28)(H,24,27). The van der Waals surface area contributed by atoms with Crippen molar-refractivity contribution in [1.82, 2.24) is 14.9 Å². The highest BCUT2D eigenvalue weighted by Crippen LogP contribution is 2.18. The van der Waals surface area contributed by atoms with Crippen molar-refractivity contribution < 1.29 is 14.3 Å². The minimum Gasteiger partial charge on any atom is -0.368 e. The average Bonchev–Trinajstić information content (AvgIpc) is 3.37. The normalized spacial score (nSPS) is 16.1. The second-order valence-electron chi connectivity index (χ2n) is 6.88. The Kier molecular flexibility index (Phi) is 5.92. The van der Waals surface area contributed by atoms with Gasteiger partial charge >= 0.3 is 0 Å². The van der Waals surface area contributed by atoms with Crippen molar-refractivity contribution in [3.63, 3.8) is 0 Å². The number of anilines is 1. The van der Waals surface area contributed by atoms with Gasteiger partial charge in [-0.1, -0.05) is 28.1 Å². The number of halogens is 1. The number of hydrogen-bond acceptors (Lipinski definition) is 4. The van der Waals surface area contributed by atoms with E-state index < -0.39 is 6.10 Å². The Morgan fingerprint density at radius 2 is 1.97 bits per heavy atom. The Labute approximate surface area is 176 Å². The number of nitrogens with one attached hydrogen (secondary N) is 2. The van der Waals surface area contributed by atoms with Gasteiger partial charge in [-0.15, -0.1) is 0 Å². The summed E-state index contributed by atoms with van der Waals surface area (Å²) in [6.07, 6.45) is 1.23. The lowest BCUT2D eigenvalue weighted by Crippen LogP contribution is -2.34. The van der Waals surface area contributed by atoms with Crippen LogP contribution in [0.15, 0.2) is 53.0 Å². The van der Waals surface area contributed by atoms with Crippen LogP contribution in [0.4, 0.5) is 5.69 Å². The van der Waals surface area contributed by atoms with Crippen molar-refractivity contribution in [3.8, 4) is 0 Å². The molecule has 7 nitrogen and oxygen atoms in total. The van der Waals surface area contributed by atoms with Gasteiger partial charge in [0.05, 0.1) is 17.6 Å². The van der Waals surface area contributed by atoms with Gasteiger partial charge in [0.1, 0.15) is 18.5 Å². The van der Waals surface area contributed by atoms with Crippen LogP contribution in [-0.2, 0) is 27.4 Å². The van der Waals surface area contributed by atoms with Crippen molar-refractivity contribution in [2.45, 2.75) is 32.0 Å². The maximum absolute atomic E-state index is 12.6. The number of aromatic nitrogens is 2. The molecule has 1 aliphatic rings. The zero-order chi connectivity index (χ0) is 20.2. The van der Waals surface area contributed by atoms with Gasteiger partial charge in [-0.25, -0.2) is 4.98 Å². The lowest BCUT2D eigenvalue weighted by Gasteiger charge is -2.12. The molecular weight excluding hydrogens is 436 g/mol. The maximum atomic E-state index is 12.6. The molecule has 1 unspecified atom stereocenters. The van der Waals surface area contributed by atoms with Crippen LogP contribution in [0, 0.1) is 0 Å². The first-order chi connectivity index (χ1) is 14.1. The van der Waals surface area contributed by atoms with Crippen LogP contribution in [0.1, 0.15) is 18.7 Å². The van der Waals surface area contributed by atoms with Crippen LogP contribution < -0.4 is 10.6 Å². The van der Waals surface area contributed by atoms with Crippen molar-refractivity contribution in [1.29, 1.82) is 0 Å². The van der Waals surface area contributed by atoms with Crippen molar-refractivity contribution in [3.05, 3.63) is 58.8 Å². The Bertz CT molecular complexity index is 1030. The number of para-hydroxylation sites is 2. The number of carbonyl (C=O) groups is 2. The van der Waals surface area contributed by atoms with E-state index in [1.54, 1.807) is 0 Å². The number of imidazole rings is 1. The number of fused-ring (bicyclic) bond motifs is 1. The summed E-state index contributed by atoms with van der Waals surface area (Å²) in [7, 11) is 0. The number of ether oxygens (including phenoxy) is 1. The lowest BCUT2D eigenvalue weighted by atomic mass is 10.2. The van der Waals surface area contributed by atoms with Crippen LogP contribution in [-0.4, -0.2) is 34.1 Å². The Morgan fingerprint density at radius 1 is 1.17 bits per heavy atom. The van der Waals surface area contributed by atoms with E-state index in [1.165, 1.54) is 0 Å². The second-order valence-corrected chi connectivity index (χ2v) is 7.79. The molecule has 1 aromatic heterocycles. The third kappa shape index (κ3) is 4.65. The third-order valence-electron chi connectivity index (χ3n) is 4.81. The number of benzene rings is 2. The molecule has 0 bridgehead atoms. The molecule has 0 radical (unpaired) electrons. The molecule has 1 fully saturated rings. The summed E-state index contributed by atoms with van der Waals surface area (Å²) in [6.45, 7) is 0.952. The molecule has 2 amide bonds. The molecule has 2 N–H and O–H groups in total. The highest BCUT2D eigenvalue weighted by molar-refractivity contribution is 9.10. The molecule has 2 heterocycles. The van der Waals surface area contributed by atoms with Crippen LogP contribution in [0.25, 0.3) is 11.0 Å². The highest BCUT2D eigenvalue weighted by atomic mass is 79.9. The van der Waals surface area contributed by atoms with Gasteiger partial charge in [-0.05, 0) is 49.2 Å². The number of nitrogens with zero attached hydrogens (tertiary/aromatic N) is 2. The summed E-state index contributed by atoms with van der Waals surface area (Å²) in [5.74, 6) is 0.325. The van der Waals surface area contributed by atoms with Gasteiger partial charge in [0, 0.05) is 16.8 Å². The summed E-state index contributed by atoms with van der Waals surface area (Å²) in [4.78, 5) is 29.5. The van der Waals surface area contributed by atoms with Gasteiger partial charge < -0.3 is 19.9 Å². The summed E-state index contributed by atoms with van der Waals surface area (Å²) in [5, 5.41) is 5.78. The minimum atomic E-state index is -0.395. The first-order valence-electron chi connectivity index (χ1n) is 9.49. The number of amides is 2.